The molecule has 0 aliphatic carbocycles. The van der Waals surface area contributed by atoms with Crippen LogP contribution in [0.5, 0.6) is 5.75 Å². The number of aryl methyl sites for hydroxylation is 1. The zero-order valence-electron chi connectivity index (χ0n) is 11.0. The Bertz CT molecular complexity index is 684. The molecule has 0 unspecified atom stereocenters. The van der Waals surface area contributed by atoms with Crippen molar-refractivity contribution in [3.8, 4) is 5.75 Å². The Balaban J connectivity index is 2.58. The van der Waals surface area contributed by atoms with Crippen molar-refractivity contribution in [3.63, 3.8) is 0 Å². The van der Waals surface area contributed by atoms with Crippen LogP contribution in [0.2, 0.25) is 0 Å². The van der Waals surface area contributed by atoms with Crippen LogP contribution < -0.4 is 10.5 Å². The monoisotopic (exact) mass is 277 g/mol. The SMILES string of the molecule is COc1c(N)cccc1C(=O)c1cc(C)c(F)cc1F. The molecule has 2 aromatic carbocycles. The molecule has 0 bridgehead atoms. The summed E-state index contributed by atoms with van der Waals surface area (Å²) in [7, 11) is 1.37. The van der Waals surface area contributed by atoms with E-state index in [0.717, 1.165) is 0 Å². The molecular weight excluding hydrogens is 264 g/mol. The van der Waals surface area contributed by atoms with Crippen LogP contribution in [0.3, 0.4) is 0 Å². The third-order valence-corrected chi connectivity index (χ3v) is 2.99. The lowest BCUT2D eigenvalue weighted by Crippen LogP contribution is -2.09. The van der Waals surface area contributed by atoms with E-state index in [9.17, 15) is 13.6 Å². The quantitative estimate of drug-likeness (QED) is 0.693. The minimum Gasteiger partial charge on any atom is -0.494 e. The van der Waals surface area contributed by atoms with Crippen LogP contribution in [-0.2, 0) is 0 Å². The maximum atomic E-state index is 13.8. The number of hydrogen-bond acceptors (Lipinski definition) is 3. The van der Waals surface area contributed by atoms with Gasteiger partial charge in [-0.25, -0.2) is 8.78 Å². The van der Waals surface area contributed by atoms with Crippen LogP contribution in [0.15, 0.2) is 30.3 Å². The molecule has 0 atom stereocenters. The van der Waals surface area contributed by atoms with Crippen molar-refractivity contribution in [1.29, 1.82) is 0 Å². The standard InChI is InChI=1S/C15H13F2NO2/c1-8-6-10(12(17)7-11(8)16)14(19)9-4-3-5-13(18)15(9)20-2/h3-7H,18H2,1-2H3. The van der Waals surface area contributed by atoms with Crippen molar-refractivity contribution < 1.29 is 18.3 Å². The van der Waals surface area contributed by atoms with E-state index in [-0.39, 0.29) is 28.1 Å². The maximum Gasteiger partial charge on any atom is 0.199 e. The number of ether oxygens (including phenoxy) is 1. The number of ketones is 1. The fourth-order valence-corrected chi connectivity index (χ4v) is 1.94. The molecule has 0 amide bonds. The highest BCUT2D eigenvalue weighted by molar-refractivity contribution is 6.11. The molecule has 3 nitrogen and oxygen atoms in total. The van der Waals surface area contributed by atoms with Gasteiger partial charge in [0.25, 0.3) is 0 Å². The summed E-state index contributed by atoms with van der Waals surface area (Å²) in [6.07, 6.45) is 0. The molecule has 0 saturated carbocycles. The number of methoxy groups -OCH3 is 1. The summed E-state index contributed by atoms with van der Waals surface area (Å²) < 4.78 is 32.1. The number of carbonyl (C=O) groups is 1. The molecule has 0 radical (unpaired) electrons. The number of rotatable bonds is 3. The van der Waals surface area contributed by atoms with Crippen LogP contribution in [0, 0.1) is 18.6 Å². The van der Waals surface area contributed by atoms with Crippen molar-refractivity contribution >= 4 is 11.5 Å². The van der Waals surface area contributed by atoms with Crippen LogP contribution in [0.1, 0.15) is 21.5 Å². The molecule has 0 aliphatic rings. The first kappa shape index (κ1) is 14.0. The van der Waals surface area contributed by atoms with Crippen molar-refractivity contribution in [2.75, 3.05) is 12.8 Å². The number of nitrogens with two attached hydrogens (primary N) is 1. The molecular formula is C15H13F2NO2. The van der Waals surface area contributed by atoms with Gasteiger partial charge in [-0.05, 0) is 30.7 Å². The van der Waals surface area contributed by atoms with E-state index in [1.807, 2.05) is 0 Å². The van der Waals surface area contributed by atoms with Gasteiger partial charge in [-0.2, -0.15) is 0 Å². The number of hydrogen-bond donors (Lipinski definition) is 1. The van der Waals surface area contributed by atoms with Crippen molar-refractivity contribution in [1.82, 2.24) is 0 Å². The molecule has 0 heterocycles. The summed E-state index contributed by atoms with van der Waals surface area (Å²) in [5, 5.41) is 0. The van der Waals surface area contributed by atoms with Gasteiger partial charge in [0.2, 0.25) is 0 Å². The number of carbonyl (C=O) groups excluding carboxylic acids is 1. The molecule has 2 N–H and O–H groups in total. The lowest BCUT2D eigenvalue weighted by Gasteiger charge is -2.11. The van der Waals surface area contributed by atoms with Crippen molar-refractivity contribution in [2.24, 2.45) is 0 Å². The Hall–Kier alpha value is -2.43. The highest BCUT2D eigenvalue weighted by atomic mass is 19.1. The lowest BCUT2D eigenvalue weighted by atomic mass is 9.99. The van der Waals surface area contributed by atoms with Gasteiger partial charge in [-0.1, -0.05) is 6.07 Å². The highest BCUT2D eigenvalue weighted by Gasteiger charge is 2.20. The van der Waals surface area contributed by atoms with E-state index in [1.165, 1.54) is 26.2 Å². The Morgan fingerprint density at radius 3 is 2.50 bits per heavy atom. The van der Waals surface area contributed by atoms with Gasteiger partial charge in [0.1, 0.15) is 11.6 Å². The van der Waals surface area contributed by atoms with Gasteiger partial charge in [0.05, 0.1) is 23.9 Å². The van der Waals surface area contributed by atoms with Crippen molar-refractivity contribution in [3.05, 3.63) is 58.7 Å². The second-order valence-corrected chi connectivity index (χ2v) is 4.34. The molecule has 0 saturated heterocycles. The topological polar surface area (TPSA) is 52.3 Å². The van der Waals surface area contributed by atoms with E-state index in [2.05, 4.69) is 0 Å². The fraction of sp³-hybridized carbons (Fsp3) is 0.133. The number of halogens is 2. The second-order valence-electron chi connectivity index (χ2n) is 4.34. The van der Waals surface area contributed by atoms with E-state index in [1.54, 1.807) is 12.1 Å². The van der Waals surface area contributed by atoms with E-state index in [4.69, 9.17) is 10.5 Å². The molecule has 0 aliphatic heterocycles. The number of nitrogen functional groups attached to an aromatic ring is 1. The van der Waals surface area contributed by atoms with E-state index < -0.39 is 17.4 Å². The van der Waals surface area contributed by atoms with Crippen LogP contribution in [0.25, 0.3) is 0 Å². The molecule has 2 aromatic rings. The van der Waals surface area contributed by atoms with Gasteiger partial charge in [0.15, 0.2) is 11.5 Å². The molecule has 0 aromatic heterocycles. The third kappa shape index (κ3) is 2.34. The van der Waals surface area contributed by atoms with Gasteiger partial charge in [0, 0.05) is 6.07 Å². The zero-order valence-corrected chi connectivity index (χ0v) is 11.0. The summed E-state index contributed by atoms with van der Waals surface area (Å²) in [4.78, 5) is 12.4. The molecule has 104 valence electrons. The third-order valence-electron chi connectivity index (χ3n) is 2.99. The Kier molecular flexibility index (Phi) is 3.70. The molecule has 20 heavy (non-hydrogen) atoms. The molecule has 2 rings (SSSR count). The molecule has 0 spiro atoms. The fourth-order valence-electron chi connectivity index (χ4n) is 1.94. The molecule has 0 fully saturated rings. The maximum absolute atomic E-state index is 13.8. The Morgan fingerprint density at radius 1 is 1.15 bits per heavy atom. The second kappa shape index (κ2) is 5.28. The van der Waals surface area contributed by atoms with Crippen LogP contribution in [0.4, 0.5) is 14.5 Å². The first-order chi connectivity index (χ1) is 9.45. The lowest BCUT2D eigenvalue weighted by molar-refractivity contribution is 0.103. The van der Waals surface area contributed by atoms with Crippen LogP contribution >= 0.6 is 0 Å². The first-order valence-corrected chi connectivity index (χ1v) is 5.88. The number of benzene rings is 2. The van der Waals surface area contributed by atoms with E-state index >= 15 is 0 Å². The summed E-state index contributed by atoms with van der Waals surface area (Å²) in [5.74, 6) is -2.03. The van der Waals surface area contributed by atoms with Crippen LogP contribution in [-0.4, -0.2) is 12.9 Å². The zero-order chi connectivity index (χ0) is 14.9. The minimum atomic E-state index is -0.914. The average molecular weight is 277 g/mol. The summed E-state index contributed by atoms with van der Waals surface area (Å²) in [5.41, 5.74) is 6.10. The smallest absolute Gasteiger partial charge is 0.199 e. The van der Waals surface area contributed by atoms with E-state index in [0.29, 0.717) is 6.07 Å². The highest BCUT2D eigenvalue weighted by Crippen LogP contribution is 2.29. The number of para-hydroxylation sites is 1. The largest absolute Gasteiger partial charge is 0.494 e. The van der Waals surface area contributed by atoms with Gasteiger partial charge >= 0.3 is 0 Å². The number of anilines is 1. The van der Waals surface area contributed by atoms with Gasteiger partial charge < -0.3 is 10.5 Å². The Labute approximate surface area is 115 Å². The minimum absolute atomic E-state index is 0.136. The van der Waals surface area contributed by atoms with Crippen molar-refractivity contribution in [2.45, 2.75) is 6.92 Å². The predicted molar refractivity (Wildman–Crippen MR) is 71.9 cm³/mol. The summed E-state index contributed by atoms with van der Waals surface area (Å²) in [6, 6.07) is 6.49. The Morgan fingerprint density at radius 2 is 1.85 bits per heavy atom. The summed E-state index contributed by atoms with van der Waals surface area (Å²) in [6.45, 7) is 1.46. The summed E-state index contributed by atoms with van der Waals surface area (Å²) >= 11 is 0. The molecule has 5 heteroatoms. The average Bonchev–Trinajstić information content (AvgIpc) is 2.41. The predicted octanol–water partition coefficient (Wildman–Crippen LogP) is 3.10. The first-order valence-electron chi connectivity index (χ1n) is 5.88. The normalized spacial score (nSPS) is 10.4. The van der Waals surface area contributed by atoms with Gasteiger partial charge in [-0.3, -0.25) is 4.79 Å². The van der Waals surface area contributed by atoms with Gasteiger partial charge in [-0.15, -0.1) is 0 Å².